The minimum Gasteiger partial charge on any atom is -0.184 e. The standard InChI is InChI=1S/C17H15.C2H6.Y/c1-14-8-9-17(13-15(2)12-14)11-10-16-6-4-3-5-7-16;1-2;/h4-9,12-13,15H,1-2H3;1-2H3;/q-1;;. The van der Waals surface area contributed by atoms with Crippen molar-refractivity contribution in [3.63, 3.8) is 0 Å². The maximum absolute atomic E-state index is 3.21. The summed E-state index contributed by atoms with van der Waals surface area (Å²) in [7, 11) is 0. The second kappa shape index (κ2) is 10.8. The van der Waals surface area contributed by atoms with Crippen LogP contribution in [0.15, 0.2) is 59.7 Å². The molecule has 1 aromatic carbocycles. The molecule has 20 heavy (non-hydrogen) atoms. The van der Waals surface area contributed by atoms with Gasteiger partial charge in [0, 0.05) is 38.3 Å². The van der Waals surface area contributed by atoms with E-state index < -0.39 is 0 Å². The van der Waals surface area contributed by atoms with Gasteiger partial charge in [-0.25, -0.2) is 0 Å². The molecule has 0 aromatic heterocycles. The largest absolute Gasteiger partial charge is 0.184 e. The van der Waals surface area contributed by atoms with E-state index in [2.05, 4.69) is 56.1 Å². The van der Waals surface area contributed by atoms with Crippen LogP contribution in [-0.4, -0.2) is 0 Å². The number of rotatable bonds is 0. The van der Waals surface area contributed by atoms with Crippen LogP contribution in [0, 0.1) is 23.8 Å². The quantitative estimate of drug-likeness (QED) is 0.464. The van der Waals surface area contributed by atoms with Crippen LogP contribution in [0.4, 0.5) is 0 Å². The first-order valence-electron chi connectivity index (χ1n) is 6.80. The van der Waals surface area contributed by atoms with Gasteiger partial charge in [0.05, 0.1) is 0 Å². The third-order valence-electron chi connectivity index (χ3n) is 2.56. The molecular weight excluding hydrogens is 317 g/mol. The zero-order valence-corrected chi connectivity index (χ0v) is 15.6. The van der Waals surface area contributed by atoms with E-state index >= 15 is 0 Å². The Bertz CT molecular complexity index is 536. The predicted octanol–water partition coefficient (Wildman–Crippen LogP) is 4.94. The Morgan fingerprint density at radius 2 is 1.65 bits per heavy atom. The first-order chi connectivity index (χ1) is 9.24. The number of benzene rings is 1. The normalized spacial score (nSPS) is 16.1. The molecule has 0 heterocycles. The van der Waals surface area contributed by atoms with Crippen molar-refractivity contribution in [2.75, 3.05) is 0 Å². The molecule has 0 fully saturated rings. The van der Waals surface area contributed by atoms with Crippen LogP contribution < -0.4 is 0 Å². The third kappa shape index (κ3) is 7.04. The van der Waals surface area contributed by atoms with Crippen molar-refractivity contribution in [3.05, 3.63) is 71.3 Å². The van der Waals surface area contributed by atoms with Gasteiger partial charge in [-0.3, -0.25) is 0 Å². The molecule has 1 aliphatic carbocycles. The van der Waals surface area contributed by atoms with E-state index in [4.69, 9.17) is 0 Å². The van der Waals surface area contributed by atoms with Crippen LogP contribution in [0.2, 0.25) is 0 Å². The number of hydrogen-bond acceptors (Lipinski definition) is 0. The van der Waals surface area contributed by atoms with E-state index in [1.165, 1.54) is 5.57 Å². The van der Waals surface area contributed by atoms with Crippen molar-refractivity contribution in [1.29, 1.82) is 0 Å². The molecule has 1 aliphatic rings. The van der Waals surface area contributed by atoms with Gasteiger partial charge < -0.3 is 0 Å². The van der Waals surface area contributed by atoms with Gasteiger partial charge >= 0.3 is 0 Å². The van der Waals surface area contributed by atoms with Gasteiger partial charge in [-0.15, -0.1) is 0 Å². The summed E-state index contributed by atoms with van der Waals surface area (Å²) in [5, 5.41) is 0. The Morgan fingerprint density at radius 1 is 1.00 bits per heavy atom. The van der Waals surface area contributed by atoms with Crippen LogP contribution in [0.3, 0.4) is 0 Å². The average Bonchev–Trinajstić information content (AvgIpc) is 2.60. The summed E-state index contributed by atoms with van der Waals surface area (Å²) in [6, 6.07) is 10.7. The molecule has 0 spiro atoms. The Morgan fingerprint density at radius 3 is 2.30 bits per heavy atom. The molecule has 0 amide bonds. The van der Waals surface area contributed by atoms with Gasteiger partial charge in [0.2, 0.25) is 0 Å². The van der Waals surface area contributed by atoms with Gasteiger partial charge in [-0.1, -0.05) is 62.0 Å². The fourth-order valence-corrected chi connectivity index (χ4v) is 1.78. The Kier molecular flexibility index (Phi) is 10.4. The maximum Gasteiger partial charge on any atom is 0.0214 e. The van der Waals surface area contributed by atoms with Gasteiger partial charge in [0.15, 0.2) is 0 Å². The van der Waals surface area contributed by atoms with Crippen molar-refractivity contribution in [1.82, 2.24) is 0 Å². The molecule has 1 heteroatoms. The van der Waals surface area contributed by atoms with E-state index in [0.29, 0.717) is 5.92 Å². The summed E-state index contributed by atoms with van der Waals surface area (Å²) in [4.78, 5) is 0. The van der Waals surface area contributed by atoms with Crippen LogP contribution in [0.5, 0.6) is 0 Å². The van der Waals surface area contributed by atoms with Crippen molar-refractivity contribution >= 4 is 0 Å². The maximum atomic E-state index is 3.21. The summed E-state index contributed by atoms with van der Waals surface area (Å²) in [5.41, 5.74) is 3.40. The molecule has 101 valence electrons. The molecule has 0 saturated carbocycles. The van der Waals surface area contributed by atoms with Gasteiger partial charge in [-0.05, 0) is 18.9 Å². The second-order valence-corrected chi connectivity index (χ2v) is 4.26. The number of hydrogen-bond donors (Lipinski definition) is 0. The average molecular weight is 338 g/mol. The molecule has 1 aromatic rings. The van der Waals surface area contributed by atoms with Crippen LogP contribution in [-0.2, 0) is 32.7 Å². The smallest absolute Gasteiger partial charge is 0.0214 e. The van der Waals surface area contributed by atoms with Crippen molar-refractivity contribution in [3.8, 4) is 11.8 Å². The summed E-state index contributed by atoms with van der Waals surface area (Å²) in [6.45, 7) is 8.29. The molecule has 0 aliphatic heterocycles. The minimum atomic E-state index is 0. The fourth-order valence-electron chi connectivity index (χ4n) is 1.78. The van der Waals surface area contributed by atoms with Crippen LogP contribution in [0.25, 0.3) is 0 Å². The van der Waals surface area contributed by atoms with Crippen LogP contribution in [0.1, 0.15) is 33.3 Å². The summed E-state index contributed by atoms with van der Waals surface area (Å²) in [6.07, 6.45) is 8.62. The molecule has 1 radical (unpaired) electrons. The Hall–Kier alpha value is -0.896. The summed E-state index contributed by atoms with van der Waals surface area (Å²) in [5.74, 6) is 6.81. The molecule has 0 bridgehead atoms. The van der Waals surface area contributed by atoms with E-state index in [0.717, 1.165) is 11.1 Å². The van der Waals surface area contributed by atoms with Crippen molar-refractivity contribution in [2.24, 2.45) is 5.92 Å². The van der Waals surface area contributed by atoms with Gasteiger partial charge in [-0.2, -0.15) is 30.3 Å². The first kappa shape index (κ1) is 19.1. The Labute approximate surface area is 148 Å². The van der Waals surface area contributed by atoms with Gasteiger partial charge in [0.1, 0.15) is 0 Å². The first-order valence-corrected chi connectivity index (χ1v) is 6.80. The molecule has 0 saturated heterocycles. The third-order valence-corrected chi connectivity index (χ3v) is 2.56. The van der Waals surface area contributed by atoms with E-state index in [1.54, 1.807) is 0 Å². The molecule has 0 nitrogen and oxygen atoms in total. The molecule has 1 unspecified atom stereocenters. The molecule has 0 N–H and O–H groups in total. The monoisotopic (exact) mass is 338 g/mol. The summed E-state index contributed by atoms with van der Waals surface area (Å²) < 4.78 is 0. The van der Waals surface area contributed by atoms with Crippen molar-refractivity contribution in [2.45, 2.75) is 27.7 Å². The van der Waals surface area contributed by atoms with E-state index in [1.807, 2.05) is 38.1 Å². The second-order valence-electron chi connectivity index (χ2n) is 4.26. The SMILES string of the molecule is CC.CC1=CC(C)C=C(C#Cc2cc[c-]cc2)C=C1.[Y]. The number of allylic oxidation sites excluding steroid dienone is 6. The Balaban J connectivity index is 0.00000115. The molecular formula is C19H21Y-. The molecule has 2 rings (SSSR count). The zero-order valence-electron chi connectivity index (χ0n) is 12.8. The summed E-state index contributed by atoms with van der Waals surface area (Å²) >= 11 is 0. The predicted molar refractivity (Wildman–Crippen MR) is 83.6 cm³/mol. The van der Waals surface area contributed by atoms with Crippen molar-refractivity contribution < 1.29 is 32.7 Å². The van der Waals surface area contributed by atoms with E-state index in [9.17, 15) is 0 Å². The topological polar surface area (TPSA) is 0 Å². The zero-order chi connectivity index (χ0) is 14.1. The minimum absolute atomic E-state index is 0. The fraction of sp³-hybridized carbons (Fsp3) is 0.263. The van der Waals surface area contributed by atoms with Crippen LogP contribution >= 0.6 is 0 Å². The molecule has 1 atom stereocenters. The van der Waals surface area contributed by atoms with Gasteiger partial charge in [0.25, 0.3) is 0 Å². The van der Waals surface area contributed by atoms with E-state index in [-0.39, 0.29) is 32.7 Å².